The summed E-state index contributed by atoms with van der Waals surface area (Å²) in [6.45, 7) is 7.24. The average Bonchev–Trinajstić information content (AvgIpc) is 3.22. The number of anilines is 1. The number of nitrogens with zero attached hydrogens (tertiary/aromatic N) is 5. The third-order valence-electron chi connectivity index (χ3n) is 5.06. The zero-order valence-electron chi connectivity index (χ0n) is 16.4. The second kappa shape index (κ2) is 8.48. The standard InChI is InChI=1S/C21H26N6O/c1-15(2)20-25-21(28-26-20)17-3-4-19(23-13-17)24-18-7-11-27(12-8-18)14-16-5-9-22-10-6-16/h3-6,9-10,13,15,18H,7-8,11-12,14H2,1-2H3,(H,23,24). The molecule has 0 radical (unpaired) electrons. The minimum absolute atomic E-state index is 0.246. The number of piperidine rings is 1. The zero-order valence-corrected chi connectivity index (χ0v) is 16.4. The lowest BCUT2D eigenvalue weighted by atomic mass is 10.0. The molecule has 7 heteroatoms. The molecule has 0 bridgehead atoms. The highest BCUT2D eigenvalue weighted by Crippen LogP contribution is 2.22. The van der Waals surface area contributed by atoms with E-state index in [0.717, 1.165) is 49.7 Å². The molecule has 28 heavy (non-hydrogen) atoms. The molecule has 4 heterocycles. The quantitative estimate of drug-likeness (QED) is 0.700. The molecule has 1 aliphatic heterocycles. The summed E-state index contributed by atoms with van der Waals surface area (Å²) in [5.41, 5.74) is 2.16. The molecular weight excluding hydrogens is 352 g/mol. The first-order valence-corrected chi connectivity index (χ1v) is 9.85. The van der Waals surface area contributed by atoms with Crippen LogP contribution in [0.15, 0.2) is 47.4 Å². The van der Waals surface area contributed by atoms with Crippen molar-refractivity contribution in [2.75, 3.05) is 18.4 Å². The van der Waals surface area contributed by atoms with E-state index in [2.05, 4.69) is 42.5 Å². The van der Waals surface area contributed by atoms with Gasteiger partial charge in [0.25, 0.3) is 5.89 Å². The van der Waals surface area contributed by atoms with Crippen LogP contribution in [0, 0.1) is 0 Å². The van der Waals surface area contributed by atoms with Crippen molar-refractivity contribution in [3.8, 4) is 11.5 Å². The molecule has 1 N–H and O–H groups in total. The largest absolute Gasteiger partial charge is 0.367 e. The summed E-state index contributed by atoms with van der Waals surface area (Å²) in [6, 6.07) is 8.58. The smallest absolute Gasteiger partial charge is 0.259 e. The molecule has 0 aromatic carbocycles. The van der Waals surface area contributed by atoms with Crippen LogP contribution in [-0.2, 0) is 6.54 Å². The van der Waals surface area contributed by atoms with Gasteiger partial charge in [0, 0.05) is 50.2 Å². The summed E-state index contributed by atoms with van der Waals surface area (Å²) in [5, 5.41) is 7.56. The summed E-state index contributed by atoms with van der Waals surface area (Å²) in [4.78, 5) is 15.5. The van der Waals surface area contributed by atoms with E-state index < -0.39 is 0 Å². The summed E-state index contributed by atoms with van der Waals surface area (Å²) in [5.74, 6) is 2.37. The zero-order chi connectivity index (χ0) is 19.3. The van der Waals surface area contributed by atoms with Gasteiger partial charge >= 0.3 is 0 Å². The number of hydrogen-bond donors (Lipinski definition) is 1. The van der Waals surface area contributed by atoms with Gasteiger partial charge in [0.15, 0.2) is 5.82 Å². The molecule has 0 spiro atoms. The number of nitrogens with one attached hydrogen (secondary N) is 1. The molecule has 0 atom stereocenters. The van der Waals surface area contributed by atoms with E-state index in [0.29, 0.717) is 11.9 Å². The Hall–Kier alpha value is -2.80. The van der Waals surface area contributed by atoms with E-state index in [-0.39, 0.29) is 5.92 Å². The molecule has 1 saturated heterocycles. The molecule has 7 nitrogen and oxygen atoms in total. The van der Waals surface area contributed by atoms with Crippen molar-refractivity contribution < 1.29 is 4.52 Å². The van der Waals surface area contributed by atoms with Crippen LogP contribution >= 0.6 is 0 Å². The van der Waals surface area contributed by atoms with Crippen LogP contribution < -0.4 is 5.32 Å². The molecule has 0 aliphatic carbocycles. The van der Waals surface area contributed by atoms with Crippen LogP contribution in [0.2, 0.25) is 0 Å². The van der Waals surface area contributed by atoms with E-state index in [1.807, 2.05) is 38.4 Å². The predicted molar refractivity (Wildman–Crippen MR) is 108 cm³/mol. The Kier molecular flexibility index (Phi) is 5.62. The van der Waals surface area contributed by atoms with E-state index in [1.54, 1.807) is 6.20 Å². The van der Waals surface area contributed by atoms with Gasteiger partial charge in [-0.25, -0.2) is 4.98 Å². The highest BCUT2D eigenvalue weighted by Gasteiger charge is 2.19. The molecule has 0 amide bonds. The number of hydrogen-bond acceptors (Lipinski definition) is 7. The Morgan fingerprint density at radius 3 is 2.57 bits per heavy atom. The van der Waals surface area contributed by atoms with E-state index in [4.69, 9.17) is 4.52 Å². The molecule has 0 unspecified atom stereocenters. The summed E-state index contributed by atoms with van der Waals surface area (Å²) >= 11 is 0. The number of likely N-dealkylation sites (tertiary alicyclic amines) is 1. The van der Waals surface area contributed by atoms with Crippen LogP contribution in [0.25, 0.3) is 11.5 Å². The summed E-state index contributed by atoms with van der Waals surface area (Å²) in [6.07, 6.45) is 7.72. The van der Waals surface area contributed by atoms with Crippen molar-refractivity contribution in [2.45, 2.75) is 45.2 Å². The number of rotatable bonds is 6. The van der Waals surface area contributed by atoms with Gasteiger partial charge in [0.05, 0.1) is 5.56 Å². The first kappa shape index (κ1) is 18.6. The van der Waals surface area contributed by atoms with Crippen LogP contribution in [-0.4, -0.2) is 44.1 Å². The third kappa shape index (κ3) is 4.54. The molecule has 146 valence electrons. The average molecular weight is 378 g/mol. The predicted octanol–water partition coefficient (Wildman–Crippen LogP) is 3.73. The molecule has 1 fully saturated rings. The molecule has 1 aliphatic rings. The topological polar surface area (TPSA) is 80.0 Å². The maximum absolute atomic E-state index is 5.33. The maximum atomic E-state index is 5.33. The maximum Gasteiger partial charge on any atom is 0.259 e. The fourth-order valence-electron chi connectivity index (χ4n) is 3.38. The Morgan fingerprint density at radius 2 is 1.93 bits per heavy atom. The minimum atomic E-state index is 0.246. The highest BCUT2D eigenvalue weighted by atomic mass is 16.5. The van der Waals surface area contributed by atoms with E-state index in [9.17, 15) is 0 Å². The van der Waals surface area contributed by atoms with Gasteiger partial charge in [-0.1, -0.05) is 19.0 Å². The third-order valence-corrected chi connectivity index (χ3v) is 5.06. The van der Waals surface area contributed by atoms with Crippen molar-refractivity contribution in [1.82, 2.24) is 25.0 Å². The van der Waals surface area contributed by atoms with Crippen molar-refractivity contribution in [3.63, 3.8) is 0 Å². The van der Waals surface area contributed by atoms with Gasteiger partial charge in [-0.3, -0.25) is 9.88 Å². The molecule has 0 saturated carbocycles. The molecule has 3 aromatic heterocycles. The monoisotopic (exact) mass is 378 g/mol. The van der Waals surface area contributed by atoms with Gasteiger partial charge in [-0.05, 0) is 42.7 Å². The van der Waals surface area contributed by atoms with Crippen molar-refractivity contribution in [1.29, 1.82) is 0 Å². The number of aromatic nitrogens is 4. The van der Waals surface area contributed by atoms with Gasteiger partial charge < -0.3 is 9.84 Å². The van der Waals surface area contributed by atoms with Crippen LogP contribution in [0.3, 0.4) is 0 Å². The Balaban J connectivity index is 1.29. The normalized spacial score (nSPS) is 15.8. The second-order valence-electron chi connectivity index (χ2n) is 7.59. The van der Waals surface area contributed by atoms with Gasteiger partial charge in [-0.2, -0.15) is 4.98 Å². The van der Waals surface area contributed by atoms with Crippen LogP contribution in [0.1, 0.15) is 44.0 Å². The highest BCUT2D eigenvalue weighted by molar-refractivity contribution is 5.54. The van der Waals surface area contributed by atoms with Crippen molar-refractivity contribution in [2.24, 2.45) is 0 Å². The van der Waals surface area contributed by atoms with Gasteiger partial charge in [-0.15, -0.1) is 0 Å². The SMILES string of the molecule is CC(C)c1noc(-c2ccc(NC3CCN(Cc4ccncc4)CC3)nc2)n1. The van der Waals surface area contributed by atoms with E-state index >= 15 is 0 Å². The van der Waals surface area contributed by atoms with Crippen LogP contribution in [0.5, 0.6) is 0 Å². The fourth-order valence-corrected chi connectivity index (χ4v) is 3.38. The second-order valence-corrected chi connectivity index (χ2v) is 7.59. The minimum Gasteiger partial charge on any atom is -0.367 e. The molecular formula is C21H26N6O. The lowest BCUT2D eigenvalue weighted by Crippen LogP contribution is -2.38. The Labute approximate surface area is 165 Å². The lowest BCUT2D eigenvalue weighted by molar-refractivity contribution is 0.211. The first-order chi connectivity index (χ1) is 13.7. The first-order valence-electron chi connectivity index (χ1n) is 9.85. The van der Waals surface area contributed by atoms with E-state index in [1.165, 1.54) is 5.56 Å². The Morgan fingerprint density at radius 1 is 1.14 bits per heavy atom. The summed E-state index contributed by atoms with van der Waals surface area (Å²) < 4.78 is 5.33. The van der Waals surface area contributed by atoms with Gasteiger partial charge in [0.2, 0.25) is 0 Å². The van der Waals surface area contributed by atoms with Crippen molar-refractivity contribution in [3.05, 3.63) is 54.2 Å². The number of pyridine rings is 2. The summed E-state index contributed by atoms with van der Waals surface area (Å²) in [7, 11) is 0. The van der Waals surface area contributed by atoms with Gasteiger partial charge in [0.1, 0.15) is 5.82 Å². The van der Waals surface area contributed by atoms with Crippen molar-refractivity contribution >= 4 is 5.82 Å². The van der Waals surface area contributed by atoms with Crippen LogP contribution in [0.4, 0.5) is 5.82 Å². The fraction of sp³-hybridized carbons (Fsp3) is 0.429. The molecule has 4 rings (SSSR count). The molecule has 3 aromatic rings. The Bertz CT molecular complexity index is 869. The lowest BCUT2D eigenvalue weighted by Gasteiger charge is -2.32.